The molecule has 4 N–H and O–H groups in total. The molecule has 0 bridgehead atoms. The van der Waals surface area contributed by atoms with Crippen molar-refractivity contribution >= 4 is 44.4 Å². The molecule has 1 heterocycles. The van der Waals surface area contributed by atoms with Gasteiger partial charge in [0, 0.05) is 57.9 Å². The number of hydrogen-bond acceptors (Lipinski definition) is 6. The lowest BCUT2D eigenvalue weighted by molar-refractivity contribution is -0.0100. The molecule has 0 saturated heterocycles. The van der Waals surface area contributed by atoms with E-state index >= 15 is 0 Å². The first-order valence-corrected chi connectivity index (χ1v) is 32.6. The Labute approximate surface area is 532 Å². The van der Waals surface area contributed by atoms with Crippen LogP contribution in [0.15, 0.2) is 237 Å². The molecule has 7 nitrogen and oxygen atoms in total. The molecule has 14 rings (SSSR count). The summed E-state index contributed by atoms with van der Waals surface area (Å²) in [6, 6.07) is 84.4. The monoisotopic (exact) mass is 1180 g/mol. The summed E-state index contributed by atoms with van der Waals surface area (Å²) in [6.45, 7) is 12.7. The summed E-state index contributed by atoms with van der Waals surface area (Å²) in [6.07, 6.45) is 11.0. The van der Waals surface area contributed by atoms with Gasteiger partial charge in [-0.1, -0.05) is 198 Å². The maximum absolute atomic E-state index is 6.18. The number of ether oxygens (including phenoxy) is 3. The first-order valence-electron chi connectivity index (χ1n) is 32.6. The second-order valence-corrected chi connectivity index (χ2v) is 25.7. The minimum Gasteiger partial charge on any atom is -0.374 e. The van der Waals surface area contributed by atoms with Gasteiger partial charge in [0.05, 0.1) is 50.2 Å². The Morgan fingerprint density at radius 3 is 1.87 bits per heavy atom. The second-order valence-electron chi connectivity index (χ2n) is 25.7. The lowest BCUT2D eigenvalue weighted by Crippen LogP contribution is -2.21. The molecule has 454 valence electrons. The number of fused-ring (bicyclic) bond motifs is 7. The van der Waals surface area contributed by atoms with Gasteiger partial charge in [-0.25, -0.2) is 0 Å². The van der Waals surface area contributed by atoms with Crippen molar-refractivity contribution in [3.05, 3.63) is 292 Å². The van der Waals surface area contributed by atoms with E-state index < -0.39 is 0 Å². The molecule has 10 aromatic carbocycles. The summed E-state index contributed by atoms with van der Waals surface area (Å²) >= 11 is 0. The Bertz CT molecular complexity index is 4270. The van der Waals surface area contributed by atoms with Crippen LogP contribution in [-0.2, 0) is 52.3 Å². The minimum absolute atomic E-state index is 0.0878. The Hall–Kier alpha value is -8.66. The largest absolute Gasteiger partial charge is 0.374 e. The summed E-state index contributed by atoms with van der Waals surface area (Å²) in [5, 5.41) is 2.50. The summed E-state index contributed by atoms with van der Waals surface area (Å²) in [5.41, 5.74) is 37.7. The molecular weight excluding hydrogens is 1100 g/mol. The van der Waals surface area contributed by atoms with E-state index in [0.29, 0.717) is 39.6 Å². The van der Waals surface area contributed by atoms with Crippen molar-refractivity contribution in [3.63, 3.8) is 0 Å². The third-order valence-corrected chi connectivity index (χ3v) is 18.8. The maximum atomic E-state index is 6.18. The number of nitrogens with zero attached hydrogens (tertiary/aromatic N) is 2. The number of aromatic nitrogens is 1. The number of anilines is 3. The molecule has 0 saturated carbocycles. The minimum atomic E-state index is -0.0938. The molecular formula is C83H84N4O3. The summed E-state index contributed by atoms with van der Waals surface area (Å²) in [4.78, 5) is 2.43. The zero-order valence-corrected chi connectivity index (χ0v) is 52.7. The number of hydrogen-bond donors (Lipinski definition) is 2. The first kappa shape index (κ1) is 60.3. The third kappa shape index (κ3) is 13.0. The fourth-order valence-corrected chi connectivity index (χ4v) is 13.5. The van der Waals surface area contributed by atoms with E-state index in [-0.39, 0.29) is 17.6 Å². The number of benzene rings is 10. The number of para-hydroxylation sites is 1. The van der Waals surface area contributed by atoms with E-state index in [1.807, 2.05) is 24.3 Å². The van der Waals surface area contributed by atoms with Gasteiger partial charge in [0.1, 0.15) is 0 Å². The SMILES string of the molecule is CC(C)CCc1ccc(COCc2ccc(-n3c4ccccc4c4cc(-c5ccc(N(c6ccc(C7=CCCCC7)cc6)c6ccc7c(c6)C(C)(C)c6ccccc6-7)cc5)ccc43)cc2)cc1.NCC(N)c1ccc(COCCOC2Cc3ccccc32)cc1. The standard InChI is InChI=1S/C64H60N2O.C19H24N2O2/c1-44(2)18-19-45-20-22-46(23-21-45)42-67-43-47-24-31-54(32-25-47)66-62-17-11-9-15-58(62)59-40-51(30-39-63(59)66)50-28-35-53(36-29-50)65(52-33-26-49(27-34-52)48-12-6-5-7-13-48)55-37-38-57-56-14-8-10-16-60(56)64(3,4)61(57)41-55;20-12-18(21)15-7-5-14(6-8-15)13-22-9-10-23-19-11-16-3-1-2-4-17(16)19/h8-12,14-17,20-41,44H,5-7,13,18-19,42-43H2,1-4H3;1-8,18-19H,9-13,20-21H2. The van der Waals surface area contributed by atoms with Crippen molar-refractivity contribution in [2.75, 3.05) is 24.7 Å². The van der Waals surface area contributed by atoms with Gasteiger partial charge in [0.15, 0.2) is 0 Å². The van der Waals surface area contributed by atoms with E-state index in [1.54, 1.807) is 0 Å². The van der Waals surface area contributed by atoms with E-state index in [1.165, 1.54) is 126 Å². The van der Waals surface area contributed by atoms with Crippen molar-refractivity contribution in [3.8, 4) is 27.9 Å². The maximum Gasteiger partial charge on any atom is 0.0869 e. The number of allylic oxidation sites excluding steroid dienone is 2. The van der Waals surface area contributed by atoms with Crippen LogP contribution in [0.5, 0.6) is 0 Å². The molecule has 11 aromatic rings. The van der Waals surface area contributed by atoms with Crippen LogP contribution in [0, 0.1) is 5.92 Å². The summed E-state index contributed by atoms with van der Waals surface area (Å²) < 4.78 is 20.1. The van der Waals surface area contributed by atoms with Gasteiger partial charge in [-0.05, 0) is 195 Å². The molecule has 3 aliphatic rings. The van der Waals surface area contributed by atoms with Crippen LogP contribution in [0.2, 0.25) is 0 Å². The van der Waals surface area contributed by atoms with E-state index in [2.05, 4.69) is 249 Å². The van der Waals surface area contributed by atoms with E-state index in [0.717, 1.165) is 53.4 Å². The number of aryl methyl sites for hydroxylation is 1. The van der Waals surface area contributed by atoms with Gasteiger partial charge in [-0.15, -0.1) is 0 Å². The van der Waals surface area contributed by atoms with Crippen molar-refractivity contribution in [2.24, 2.45) is 17.4 Å². The molecule has 2 atom stereocenters. The van der Waals surface area contributed by atoms with Gasteiger partial charge in [-0.3, -0.25) is 0 Å². The van der Waals surface area contributed by atoms with Crippen LogP contribution in [0.1, 0.15) is 128 Å². The third-order valence-electron chi connectivity index (χ3n) is 18.8. The summed E-state index contributed by atoms with van der Waals surface area (Å²) in [5.74, 6) is 0.721. The van der Waals surface area contributed by atoms with Crippen molar-refractivity contribution in [2.45, 2.75) is 110 Å². The predicted octanol–water partition coefficient (Wildman–Crippen LogP) is 20.0. The average Bonchev–Trinajstić information content (AvgIpc) is 1.59. The van der Waals surface area contributed by atoms with Crippen LogP contribution in [0.3, 0.4) is 0 Å². The molecule has 90 heavy (non-hydrogen) atoms. The van der Waals surface area contributed by atoms with Gasteiger partial charge in [0.25, 0.3) is 0 Å². The second kappa shape index (κ2) is 27.2. The Morgan fingerprint density at radius 2 is 1.16 bits per heavy atom. The summed E-state index contributed by atoms with van der Waals surface area (Å²) in [7, 11) is 0. The highest BCUT2D eigenvalue weighted by Crippen LogP contribution is 2.51. The van der Waals surface area contributed by atoms with Crippen LogP contribution in [0.4, 0.5) is 17.1 Å². The van der Waals surface area contributed by atoms with Crippen molar-refractivity contribution < 1.29 is 14.2 Å². The smallest absolute Gasteiger partial charge is 0.0869 e. The van der Waals surface area contributed by atoms with Crippen molar-refractivity contribution in [1.82, 2.24) is 4.57 Å². The average molecular weight is 1190 g/mol. The molecule has 0 fully saturated rings. The van der Waals surface area contributed by atoms with Gasteiger partial charge in [0.2, 0.25) is 0 Å². The molecule has 2 unspecified atom stereocenters. The van der Waals surface area contributed by atoms with Crippen LogP contribution in [0.25, 0.3) is 55.3 Å². The fraction of sp³-hybridized carbons (Fsp3) is 0.253. The Morgan fingerprint density at radius 1 is 0.544 bits per heavy atom. The highest BCUT2D eigenvalue weighted by molar-refractivity contribution is 6.10. The van der Waals surface area contributed by atoms with Crippen molar-refractivity contribution in [1.29, 1.82) is 0 Å². The van der Waals surface area contributed by atoms with Gasteiger partial charge in [-0.2, -0.15) is 0 Å². The van der Waals surface area contributed by atoms with E-state index in [4.69, 9.17) is 25.7 Å². The van der Waals surface area contributed by atoms with Crippen LogP contribution < -0.4 is 16.4 Å². The molecule has 3 aliphatic carbocycles. The highest BCUT2D eigenvalue weighted by Gasteiger charge is 2.36. The number of rotatable bonds is 21. The zero-order chi connectivity index (χ0) is 61.6. The first-order chi connectivity index (χ1) is 44.1. The normalized spacial score (nSPS) is 14.9. The highest BCUT2D eigenvalue weighted by atomic mass is 16.5. The fourth-order valence-electron chi connectivity index (χ4n) is 13.5. The Kier molecular flexibility index (Phi) is 18.2. The van der Waals surface area contributed by atoms with Crippen LogP contribution in [-0.4, -0.2) is 24.3 Å². The molecule has 0 radical (unpaired) electrons. The predicted molar refractivity (Wildman–Crippen MR) is 374 cm³/mol. The quantitative estimate of drug-likeness (QED) is 0.0697. The molecule has 0 amide bonds. The van der Waals surface area contributed by atoms with Gasteiger partial charge < -0.3 is 35.1 Å². The lowest BCUT2D eigenvalue weighted by Gasteiger charge is -2.29. The Balaban J connectivity index is 0.000000271. The zero-order valence-electron chi connectivity index (χ0n) is 52.7. The molecule has 0 aliphatic heterocycles. The van der Waals surface area contributed by atoms with E-state index in [9.17, 15) is 0 Å². The molecule has 0 spiro atoms. The number of nitrogens with two attached hydrogens (primary N) is 2. The topological polar surface area (TPSA) is 87.9 Å². The van der Waals surface area contributed by atoms with Gasteiger partial charge >= 0.3 is 0 Å². The lowest BCUT2D eigenvalue weighted by atomic mass is 9.82. The molecule has 1 aromatic heterocycles. The van der Waals surface area contributed by atoms with Crippen LogP contribution >= 0.6 is 0 Å². The molecule has 7 heteroatoms.